The van der Waals surface area contributed by atoms with Crippen molar-refractivity contribution in [2.24, 2.45) is 0 Å². The van der Waals surface area contributed by atoms with Crippen molar-refractivity contribution in [1.82, 2.24) is 19.9 Å². The Hall–Kier alpha value is -2.41. The molecule has 0 radical (unpaired) electrons. The van der Waals surface area contributed by atoms with E-state index in [9.17, 15) is 4.79 Å². The summed E-state index contributed by atoms with van der Waals surface area (Å²) in [5.41, 5.74) is 4.63. The molecule has 1 amide bonds. The van der Waals surface area contributed by atoms with Crippen molar-refractivity contribution in [3.8, 4) is 11.1 Å². The lowest BCUT2D eigenvalue weighted by atomic mass is 10.0. The molecular formula is C15H13BrN4O2. The van der Waals surface area contributed by atoms with Gasteiger partial charge in [-0.05, 0) is 51.7 Å². The second kappa shape index (κ2) is 5.76. The van der Waals surface area contributed by atoms with Crippen molar-refractivity contribution in [2.75, 3.05) is 0 Å². The van der Waals surface area contributed by atoms with Crippen LogP contribution in [-0.4, -0.2) is 25.8 Å². The normalized spacial score (nSPS) is 10.8. The maximum Gasteiger partial charge on any atom is 0.404 e. The molecule has 22 heavy (non-hydrogen) atoms. The first-order valence-electron chi connectivity index (χ1n) is 6.61. The van der Waals surface area contributed by atoms with Crippen LogP contribution in [0.15, 0.2) is 41.3 Å². The molecule has 0 aliphatic rings. The first-order valence-corrected chi connectivity index (χ1v) is 7.41. The molecule has 1 aromatic carbocycles. The summed E-state index contributed by atoms with van der Waals surface area (Å²) >= 11 is 3.29. The summed E-state index contributed by atoms with van der Waals surface area (Å²) in [4.78, 5) is 15.0. The number of amides is 1. The molecule has 2 N–H and O–H groups in total. The highest BCUT2D eigenvalue weighted by Gasteiger charge is 2.10. The van der Waals surface area contributed by atoms with Gasteiger partial charge in [0.15, 0.2) is 5.65 Å². The number of aromatic nitrogens is 3. The molecule has 0 spiro atoms. The molecule has 0 unspecified atom stereocenters. The van der Waals surface area contributed by atoms with Crippen molar-refractivity contribution in [2.45, 2.75) is 13.5 Å². The van der Waals surface area contributed by atoms with Crippen molar-refractivity contribution >= 4 is 27.7 Å². The Kier molecular flexibility index (Phi) is 3.81. The van der Waals surface area contributed by atoms with E-state index in [0.717, 1.165) is 27.9 Å². The predicted octanol–water partition coefficient (Wildman–Crippen LogP) is 3.23. The number of fused-ring (bicyclic) bond motifs is 1. The highest BCUT2D eigenvalue weighted by molar-refractivity contribution is 9.10. The summed E-state index contributed by atoms with van der Waals surface area (Å²) in [6.07, 6.45) is 0.872. The molecule has 112 valence electrons. The quantitative estimate of drug-likeness (QED) is 0.751. The lowest BCUT2D eigenvalue weighted by Gasteiger charge is -2.08. The van der Waals surface area contributed by atoms with Crippen LogP contribution in [0.3, 0.4) is 0 Å². The molecule has 0 saturated heterocycles. The van der Waals surface area contributed by atoms with Crippen molar-refractivity contribution in [1.29, 1.82) is 0 Å². The molecule has 3 aromatic rings. The van der Waals surface area contributed by atoms with Gasteiger partial charge < -0.3 is 10.4 Å². The summed E-state index contributed by atoms with van der Waals surface area (Å²) in [5.74, 6) is 0. The number of hydrogen-bond acceptors (Lipinski definition) is 3. The Bertz CT molecular complexity index is 860. The fraction of sp³-hybridized carbons (Fsp3) is 0.133. The van der Waals surface area contributed by atoms with Gasteiger partial charge in [-0.15, -0.1) is 5.10 Å². The fourth-order valence-corrected chi connectivity index (χ4v) is 2.67. The van der Waals surface area contributed by atoms with Crippen LogP contribution in [0.4, 0.5) is 4.79 Å². The van der Waals surface area contributed by atoms with Gasteiger partial charge >= 0.3 is 6.09 Å². The second-order valence-corrected chi connectivity index (χ2v) is 5.65. The number of aryl methyl sites for hydroxylation is 1. The van der Waals surface area contributed by atoms with Gasteiger partial charge in [-0.25, -0.2) is 14.3 Å². The van der Waals surface area contributed by atoms with Gasteiger partial charge in [0.2, 0.25) is 4.73 Å². The average molecular weight is 361 g/mol. The van der Waals surface area contributed by atoms with Crippen LogP contribution >= 0.6 is 15.9 Å². The third kappa shape index (κ3) is 2.94. The topological polar surface area (TPSA) is 79.5 Å². The van der Waals surface area contributed by atoms with Crippen LogP contribution in [0.1, 0.15) is 11.1 Å². The fourth-order valence-electron chi connectivity index (χ4n) is 2.33. The number of hydrogen-bond donors (Lipinski definition) is 2. The largest absolute Gasteiger partial charge is 0.465 e. The SMILES string of the molecule is Cc1cc(-c2cccc(CNC(=O)O)c2)c2nc(Br)nn2c1. The zero-order valence-electron chi connectivity index (χ0n) is 11.7. The highest BCUT2D eigenvalue weighted by Crippen LogP contribution is 2.26. The van der Waals surface area contributed by atoms with E-state index in [1.807, 2.05) is 43.5 Å². The maximum atomic E-state index is 10.6. The standard InChI is InChI=1S/C15H13BrN4O2/c1-9-5-12(13-18-14(16)19-20(13)8-9)11-4-2-3-10(6-11)7-17-15(21)22/h2-6,8,17H,7H2,1H3,(H,21,22). The third-order valence-corrected chi connectivity index (χ3v) is 3.56. The molecule has 6 nitrogen and oxygen atoms in total. The molecule has 2 aromatic heterocycles. The Morgan fingerprint density at radius 3 is 3.00 bits per heavy atom. The van der Waals surface area contributed by atoms with Crippen LogP contribution in [0.5, 0.6) is 0 Å². The second-order valence-electron chi connectivity index (χ2n) is 4.94. The highest BCUT2D eigenvalue weighted by atomic mass is 79.9. The minimum Gasteiger partial charge on any atom is -0.465 e. The van der Waals surface area contributed by atoms with E-state index >= 15 is 0 Å². The van der Waals surface area contributed by atoms with E-state index in [1.165, 1.54) is 0 Å². The molecular weight excluding hydrogens is 348 g/mol. The minimum absolute atomic E-state index is 0.266. The molecule has 2 heterocycles. The number of nitrogens with one attached hydrogen (secondary N) is 1. The summed E-state index contributed by atoms with van der Waals surface area (Å²) in [6, 6.07) is 9.75. The summed E-state index contributed by atoms with van der Waals surface area (Å²) in [5, 5.41) is 15.3. The van der Waals surface area contributed by atoms with Crippen LogP contribution in [0, 0.1) is 6.92 Å². The van der Waals surface area contributed by atoms with Crippen LogP contribution in [-0.2, 0) is 6.54 Å². The number of carboxylic acid groups (broad SMARTS) is 1. The van der Waals surface area contributed by atoms with Gasteiger partial charge in [-0.3, -0.25) is 0 Å². The minimum atomic E-state index is -1.04. The van der Waals surface area contributed by atoms with Gasteiger partial charge in [0.25, 0.3) is 0 Å². The van der Waals surface area contributed by atoms with E-state index in [4.69, 9.17) is 5.11 Å². The average Bonchev–Trinajstić information content (AvgIpc) is 2.84. The summed E-state index contributed by atoms with van der Waals surface area (Å²) < 4.78 is 2.26. The van der Waals surface area contributed by atoms with E-state index in [2.05, 4.69) is 31.3 Å². The lowest BCUT2D eigenvalue weighted by Crippen LogP contribution is -2.19. The molecule has 0 atom stereocenters. The maximum absolute atomic E-state index is 10.6. The van der Waals surface area contributed by atoms with Crippen LogP contribution in [0.2, 0.25) is 0 Å². The number of nitrogens with zero attached hydrogens (tertiary/aromatic N) is 3. The molecule has 0 aliphatic heterocycles. The van der Waals surface area contributed by atoms with Gasteiger partial charge in [-0.2, -0.15) is 0 Å². The monoisotopic (exact) mass is 360 g/mol. The smallest absolute Gasteiger partial charge is 0.404 e. The molecule has 7 heteroatoms. The summed E-state index contributed by atoms with van der Waals surface area (Å²) in [6.45, 7) is 2.26. The molecule has 0 bridgehead atoms. The van der Waals surface area contributed by atoms with Crippen molar-refractivity contribution < 1.29 is 9.90 Å². The Morgan fingerprint density at radius 2 is 2.23 bits per heavy atom. The number of pyridine rings is 1. The molecule has 0 aliphatic carbocycles. The molecule has 0 fully saturated rings. The van der Waals surface area contributed by atoms with Gasteiger partial charge in [0.05, 0.1) is 0 Å². The van der Waals surface area contributed by atoms with Crippen molar-refractivity contribution in [3.05, 3.63) is 52.4 Å². The number of rotatable bonds is 3. The molecule has 0 saturated carbocycles. The van der Waals surface area contributed by atoms with E-state index in [1.54, 1.807) is 4.52 Å². The Labute approximate surface area is 134 Å². The Balaban J connectivity index is 2.07. The molecule has 3 rings (SSSR count). The summed E-state index contributed by atoms with van der Waals surface area (Å²) in [7, 11) is 0. The number of benzene rings is 1. The zero-order valence-corrected chi connectivity index (χ0v) is 13.3. The third-order valence-electron chi connectivity index (χ3n) is 3.23. The lowest BCUT2D eigenvalue weighted by molar-refractivity contribution is 0.194. The van der Waals surface area contributed by atoms with Crippen molar-refractivity contribution in [3.63, 3.8) is 0 Å². The van der Waals surface area contributed by atoms with Gasteiger partial charge in [0, 0.05) is 18.3 Å². The van der Waals surface area contributed by atoms with Crippen LogP contribution < -0.4 is 5.32 Å². The number of carbonyl (C=O) groups is 1. The van der Waals surface area contributed by atoms with Gasteiger partial charge in [0.1, 0.15) is 0 Å². The van der Waals surface area contributed by atoms with Gasteiger partial charge in [-0.1, -0.05) is 18.2 Å². The number of halogens is 1. The first-order chi connectivity index (χ1) is 10.5. The van der Waals surface area contributed by atoms with E-state index < -0.39 is 6.09 Å². The van der Waals surface area contributed by atoms with Crippen LogP contribution in [0.25, 0.3) is 16.8 Å². The predicted molar refractivity (Wildman–Crippen MR) is 85.7 cm³/mol. The zero-order chi connectivity index (χ0) is 15.7. The van der Waals surface area contributed by atoms with E-state index in [0.29, 0.717) is 4.73 Å². The Morgan fingerprint density at radius 1 is 1.41 bits per heavy atom. The van der Waals surface area contributed by atoms with E-state index in [-0.39, 0.29) is 6.54 Å². The first kappa shape index (κ1) is 14.5.